The molecule has 1 aromatic rings. The molecule has 1 saturated carbocycles. The highest BCUT2D eigenvalue weighted by atomic mass is 16.2. The standard InChI is InChI=1S/C15H18N4O2/c20-14-7-13-12(19(14)9-10-1-2-10)4-6-18(13)15(21)11-3-5-16-17-8-11/h3,5,8,10,12-13H,1-2,4,6-7,9H2/t12-,13-/m0/s1. The molecule has 2 aliphatic heterocycles. The van der Waals surface area contributed by atoms with Crippen LogP contribution in [0.3, 0.4) is 0 Å². The smallest absolute Gasteiger partial charge is 0.255 e. The quantitative estimate of drug-likeness (QED) is 0.820. The van der Waals surface area contributed by atoms with Crippen LogP contribution in [-0.2, 0) is 4.79 Å². The third-order valence-electron chi connectivity index (χ3n) is 4.86. The van der Waals surface area contributed by atoms with Crippen molar-refractivity contribution in [3.05, 3.63) is 24.0 Å². The number of carbonyl (C=O) groups excluding carboxylic acids is 2. The summed E-state index contributed by atoms with van der Waals surface area (Å²) in [6.07, 6.45) is 6.88. The van der Waals surface area contributed by atoms with E-state index in [4.69, 9.17) is 0 Å². The van der Waals surface area contributed by atoms with Crippen molar-refractivity contribution in [1.82, 2.24) is 20.0 Å². The van der Waals surface area contributed by atoms with Gasteiger partial charge in [0.05, 0.1) is 30.0 Å². The maximum absolute atomic E-state index is 12.6. The average molecular weight is 286 g/mol. The highest BCUT2D eigenvalue weighted by Gasteiger charge is 2.49. The van der Waals surface area contributed by atoms with Gasteiger partial charge in [-0.1, -0.05) is 0 Å². The molecule has 2 amide bonds. The molecule has 2 saturated heterocycles. The summed E-state index contributed by atoms with van der Waals surface area (Å²) in [6, 6.07) is 1.94. The lowest BCUT2D eigenvalue weighted by Crippen LogP contribution is -2.40. The highest BCUT2D eigenvalue weighted by Crippen LogP contribution is 2.37. The zero-order chi connectivity index (χ0) is 14.4. The number of hydrogen-bond donors (Lipinski definition) is 0. The molecular formula is C15H18N4O2. The molecule has 6 nitrogen and oxygen atoms in total. The average Bonchev–Trinajstić information content (AvgIpc) is 3.16. The van der Waals surface area contributed by atoms with Crippen LogP contribution in [-0.4, -0.2) is 57.0 Å². The SMILES string of the molecule is O=C1C[C@H]2[C@H](CCN2C(=O)c2ccnnc2)N1CC1CC1. The molecule has 3 heterocycles. The monoisotopic (exact) mass is 286 g/mol. The van der Waals surface area contributed by atoms with Crippen LogP contribution in [0.25, 0.3) is 0 Å². The van der Waals surface area contributed by atoms with Crippen molar-refractivity contribution < 1.29 is 9.59 Å². The van der Waals surface area contributed by atoms with Crippen LogP contribution in [0.4, 0.5) is 0 Å². The predicted molar refractivity (Wildman–Crippen MR) is 74.3 cm³/mol. The lowest BCUT2D eigenvalue weighted by molar-refractivity contribution is -0.129. The zero-order valence-corrected chi connectivity index (χ0v) is 11.8. The van der Waals surface area contributed by atoms with Crippen molar-refractivity contribution >= 4 is 11.8 Å². The normalized spacial score (nSPS) is 28.1. The number of carbonyl (C=O) groups is 2. The Morgan fingerprint density at radius 2 is 2.10 bits per heavy atom. The molecule has 4 rings (SSSR count). The molecule has 0 spiro atoms. The van der Waals surface area contributed by atoms with Crippen LogP contribution >= 0.6 is 0 Å². The first kappa shape index (κ1) is 12.7. The first-order valence-electron chi connectivity index (χ1n) is 7.61. The van der Waals surface area contributed by atoms with E-state index in [0.29, 0.717) is 17.9 Å². The van der Waals surface area contributed by atoms with Crippen molar-refractivity contribution in [2.45, 2.75) is 37.8 Å². The second kappa shape index (κ2) is 4.79. The Bertz CT molecular complexity index is 572. The Kier molecular flexibility index (Phi) is 2.90. The second-order valence-electron chi connectivity index (χ2n) is 6.25. The topological polar surface area (TPSA) is 66.4 Å². The van der Waals surface area contributed by atoms with Crippen molar-refractivity contribution in [1.29, 1.82) is 0 Å². The summed E-state index contributed by atoms with van der Waals surface area (Å²) in [7, 11) is 0. The molecule has 1 aliphatic carbocycles. The van der Waals surface area contributed by atoms with E-state index in [1.807, 2.05) is 9.80 Å². The summed E-state index contributed by atoms with van der Waals surface area (Å²) in [5.74, 6) is 0.877. The Hall–Kier alpha value is -1.98. The molecule has 21 heavy (non-hydrogen) atoms. The number of rotatable bonds is 3. The fourth-order valence-corrected chi connectivity index (χ4v) is 3.58. The maximum Gasteiger partial charge on any atom is 0.255 e. The van der Waals surface area contributed by atoms with E-state index in [0.717, 1.165) is 19.5 Å². The summed E-state index contributed by atoms with van der Waals surface area (Å²) >= 11 is 0. The van der Waals surface area contributed by atoms with Gasteiger partial charge in [0.15, 0.2) is 0 Å². The van der Waals surface area contributed by atoms with Crippen molar-refractivity contribution in [2.24, 2.45) is 5.92 Å². The number of likely N-dealkylation sites (tertiary alicyclic amines) is 2. The van der Waals surface area contributed by atoms with Crippen LogP contribution in [0.2, 0.25) is 0 Å². The molecule has 0 aromatic carbocycles. The van der Waals surface area contributed by atoms with E-state index in [9.17, 15) is 9.59 Å². The molecule has 0 N–H and O–H groups in total. The van der Waals surface area contributed by atoms with Crippen LogP contribution < -0.4 is 0 Å². The summed E-state index contributed by atoms with van der Waals surface area (Å²) in [6.45, 7) is 1.61. The Balaban J connectivity index is 1.52. The van der Waals surface area contributed by atoms with E-state index in [1.54, 1.807) is 6.07 Å². The molecule has 0 unspecified atom stereocenters. The van der Waals surface area contributed by atoms with Gasteiger partial charge in [-0.05, 0) is 31.2 Å². The molecule has 110 valence electrons. The van der Waals surface area contributed by atoms with E-state index >= 15 is 0 Å². The van der Waals surface area contributed by atoms with Gasteiger partial charge < -0.3 is 9.80 Å². The Morgan fingerprint density at radius 3 is 2.81 bits per heavy atom. The minimum atomic E-state index is -0.0292. The predicted octanol–water partition coefficient (Wildman–Crippen LogP) is 0.702. The minimum absolute atomic E-state index is 0.0292. The first-order chi connectivity index (χ1) is 10.2. The molecule has 6 heteroatoms. The molecule has 2 atom stereocenters. The number of hydrogen-bond acceptors (Lipinski definition) is 4. The molecule has 3 aliphatic rings. The van der Waals surface area contributed by atoms with Gasteiger partial charge in [-0.25, -0.2) is 0 Å². The van der Waals surface area contributed by atoms with Gasteiger partial charge in [0.25, 0.3) is 5.91 Å². The van der Waals surface area contributed by atoms with Gasteiger partial charge in [0, 0.05) is 19.5 Å². The molecule has 1 aromatic heterocycles. The Morgan fingerprint density at radius 1 is 1.24 bits per heavy atom. The number of fused-ring (bicyclic) bond motifs is 1. The van der Waals surface area contributed by atoms with Gasteiger partial charge in [-0.15, -0.1) is 0 Å². The molecule has 0 bridgehead atoms. The van der Waals surface area contributed by atoms with Crippen LogP contribution in [0.15, 0.2) is 18.5 Å². The lowest BCUT2D eigenvalue weighted by Gasteiger charge is -2.25. The van der Waals surface area contributed by atoms with Gasteiger partial charge in [0.2, 0.25) is 5.91 Å². The summed E-state index contributed by atoms with van der Waals surface area (Å²) < 4.78 is 0. The summed E-state index contributed by atoms with van der Waals surface area (Å²) in [5.41, 5.74) is 0.554. The minimum Gasteiger partial charge on any atom is -0.337 e. The number of aromatic nitrogens is 2. The summed E-state index contributed by atoms with van der Waals surface area (Å²) in [5, 5.41) is 7.47. The third kappa shape index (κ3) is 2.18. The lowest BCUT2D eigenvalue weighted by atomic mass is 10.1. The summed E-state index contributed by atoms with van der Waals surface area (Å²) in [4.78, 5) is 28.7. The molecular weight excluding hydrogens is 268 g/mol. The van der Waals surface area contributed by atoms with E-state index in [-0.39, 0.29) is 23.9 Å². The van der Waals surface area contributed by atoms with Crippen molar-refractivity contribution in [2.75, 3.05) is 13.1 Å². The van der Waals surface area contributed by atoms with Gasteiger partial charge in [-0.3, -0.25) is 9.59 Å². The van der Waals surface area contributed by atoms with E-state index in [1.165, 1.54) is 25.2 Å². The van der Waals surface area contributed by atoms with E-state index in [2.05, 4.69) is 10.2 Å². The van der Waals surface area contributed by atoms with Gasteiger partial charge in [-0.2, -0.15) is 10.2 Å². The fraction of sp³-hybridized carbons (Fsp3) is 0.600. The van der Waals surface area contributed by atoms with Crippen LogP contribution in [0.1, 0.15) is 36.0 Å². The zero-order valence-electron chi connectivity index (χ0n) is 11.8. The largest absolute Gasteiger partial charge is 0.337 e. The number of nitrogens with zero attached hydrogens (tertiary/aromatic N) is 4. The number of amides is 2. The van der Waals surface area contributed by atoms with Crippen molar-refractivity contribution in [3.63, 3.8) is 0 Å². The van der Waals surface area contributed by atoms with Crippen LogP contribution in [0.5, 0.6) is 0 Å². The molecule has 0 radical (unpaired) electrons. The van der Waals surface area contributed by atoms with Gasteiger partial charge in [0.1, 0.15) is 0 Å². The van der Waals surface area contributed by atoms with Gasteiger partial charge >= 0.3 is 0 Å². The highest BCUT2D eigenvalue weighted by molar-refractivity contribution is 5.95. The first-order valence-corrected chi connectivity index (χ1v) is 7.61. The van der Waals surface area contributed by atoms with Crippen molar-refractivity contribution in [3.8, 4) is 0 Å². The maximum atomic E-state index is 12.6. The van der Waals surface area contributed by atoms with Crippen LogP contribution in [0, 0.1) is 5.92 Å². The Labute approximate surface area is 123 Å². The fourth-order valence-electron chi connectivity index (χ4n) is 3.58. The van der Waals surface area contributed by atoms with E-state index < -0.39 is 0 Å². The molecule has 3 fully saturated rings. The second-order valence-corrected chi connectivity index (χ2v) is 6.25. The third-order valence-corrected chi connectivity index (χ3v) is 4.86.